The third-order valence-corrected chi connectivity index (χ3v) is 6.89. The van der Waals surface area contributed by atoms with E-state index in [0.717, 1.165) is 22.3 Å². The molecule has 11 heteroatoms. The molecule has 1 aliphatic rings. The maximum absolute atomic E-state index is 13.3. The normalized spacial score (nSPS) is 14.9. The Bertz CT molecular complexity index is 1100. The van der Waals surface area contributed by atoms with E-state index in [9.17, 15) is 18.0 Å². The number of anilines is 1. The van der Waals surface area contributed by atoms with Gasteiger partial charge in [-0.1, -0.05) is 11.8 Å². The minimum atomic E-state index is -4.68. The Morgan fingerprint density at radius 2 is 1.97 bits per heavy atom. The van der Waals surface area contributed by atoms with Gasteiger partial charge in [-0.2, -0.15) is 13.2 Å². The van der Waals surface area contributed by atoms with Crippen molar-refractivity contribution in [3.05, 3.63) is 45.9 Å². The van der Waals surface area contributed by atoms with Crippen molar-refractivity contribution in [3.8, 4) is 0 Å². The number of hydrogen-bond donors (Lipinski definition) is 1. The molecule has 2 N–H and O–H groups in total. The van der Waals surface area contributed by atoms with Crippen molar-refractivity contribution in [2.45, 2.75) is 17.7 Å². The van der Waals surface area contributed by atoms with Gasteiger partial charge in [0.05, 0.1) is 29.4 Å². The Balaban J connectivity index is 1.66. The van der Waals surface area contributed by atoms with E-state index >= 15 is 0 Å². The maximum atomic E-state index is 13.3. The number of ketones is 1. The van der Waals surface area contributed by atoms with Crippen molar-refractivity contribution in [1.82, 2.24) is 9.97 Å². The number of fused-ring (bicyclic) bond motifs is 1. The van der Waals surface area contributed by atoms with Crippen LogP contribution >= 0.6 is 23.1 Å². The van der Waals surface area contributed by atoms with Crippen LogP contribution < -0.4 is 10.6 Å². The number of benzene rings is 1. The highest BCUT2D eigenvalue weighted by Crippen LogP contribution is 2.34. The monoisotopic (exact) mass is 468 g/mol. The number of thioether (sulfide) groups is 1. The molecule has 0 bridgehead atoms. The molecule has 0 unspecified atom stereocenters. The SMILES string of the molecule is NCc1ccc(C(=O)CSc2nc(C(F)(F)F)nc3ccc(N4CCOCC4)cc23)s1. The molecule has 0 radical (unpaired) electrons. The number of Topliss-reactive ketones (excluding diaryl/α,β-unsaturated/α-hetero) is 1. The summed E-state index contributed by atoms with van der Waals surface area (Å²) in [5, 5.41) is 0.625. The first-order valence-corrected chi connectivity index (χ1v) is 11.3. The van der Waals surface area contributed by atoms with Gasteiger partial charge in [0, 0.05) is 35.6 Å². The molecule has 2 aromatic heterocycles. The lowest BCUT2D eigenvalue weighted by atomic mass is 10.2. The van der Waals surface area contributed by atoms with Crippen molar-refractivity contribution in [1.29, 1.82) is 0 Å². The van der Waals surface area contributed by atoms with Crippen LogP contribution in [-0.2, 0) is 17.5 Å². The van der Waals surface area contributed by atoms with Gasteiger partial charge in [0.15, 0.2) is 5.78 Å². The van der Waals surface area contributed by atoms with E-state index < -0.39 is 12.0 Å². The molecule has 31 heavy (non-hydrogen) atoms. The zero-order chi connectivity index (χ0) is 22.0. The molecule has 1 saturated heterocycles. The van der Waals surface area contributed by atoms with E-state index in [0.29, 0.717) is 43.1 Å². The van der Waals surface area contributed by atoms with E-state index in [1.165, 1.54) is 11.3 Å². The number of aromatic nitrogens is 2. The summed E-state index contributed by atoms with van der Waals surface area (Å²) in [5.41, 5.74) is 6.63. The molecular formula is C20H19F3N4O2S2. The van der Waals surface area contributed by atoms with Crippen LogP contribution in [0.15, 0.2) is 35.4 Å². The smallest absolute Gasteiger partial charge is 0.378 e. The summed E-state index contributed by atoms with van der Waals surface area (Å²) < 4.78 is 45.4. The molecule has 1 aromatic carbocycles. The molecule has 3 heterocycles. The number of morpholine rings is 1. The Kier molecular flexibility index (Phi) is 6.47. The van der Waals surface area contributed by atoms with Crippen molar-refractivity contribution in [2.75, 3.05) is 37.0 Å². The first-order chi connectivity index (χ1) is 14.8. The number of halogens is 3. The van der Waals surface area contributed by atoms with Crippen molar-refractivity contribution in [2.24, 2.45) is 5.73 Å². The predicted octanol–water partition coefficient (Wildman–Crippen LogP) is 3.98. The fourth-order valence-corrected chi connectivity index (χ4v) is 4.99. The Morgan fingerprint density at radius 3 is 2.65 bits per heavy atom. The topological polar surface area (TPSA) is 81.3 Å². The molecule has 0 amide bonds. The van der Waals surface area contributed by atoms with Crippen LogP contribution in [0, 0.1) is 0 Å². The number of hydrogen-bond acceptors (Lipinski definition) is 8. The third kappa shape index (κ3) is 5.00. The summed E-state index contributed by atoms with van der Waals surface area (Å²) in [4.78, 5) is 23.5. The molecule has 164 valence electrons. The van der Waals surface area contributed by atoms with Crippen LogP contribution in [0.1, 0.15) is 20.4 Å². The zero-order valence-electron chi connectivity index (χ0n) is 16.3. The van der Waals surface area contributed by atoms with E-state index in [4.69, 9.17) is 10.5 Å². The molecule has 1 aliphatic heterocycles. The van der Waals surface area contributed by atoms with Crippen LogP contribution in [0.25, 0.3) is 10.9 Å². The van der Waals surface area contributed by atoms with Gasteiger partial charge < -0.3 is 15.4 Å². The zero-order valence-corrected chi connectivity index (χ0v) is 17.9. The second-order valence-electron chi connectivity index (χ2n) is 6.83. The molecule has 6 nitrogen and oxygen atoms in total. The van der Waals surface area contributed by atoms with Gasteiger partial charge in [-0.3, -0.25) is 4.79 Å². The molecule has 1 fully saturated rings. The second-order valence-corrected chi connectivity index (χ2v) is 8.97. The molecule has 0 saturated carbocycles. The predicted molar refractivity (Wildman–Crippen MR) is 115 cm³/mol. The summed E-state index contributed by atoms with van der Waals surface area (Å²) >= 11 is 2.28. The Hall–Kier alpha value is -2.21. The number of carbonyl (C=O) groups excluding carboxylic acids is 1. The van der Waals surface area contributed by atoms with E-state index in [-0.39, 0.29) is 22.1 Å². The number of carbonyl (C=O) groups is 1. The van der Waals surface area contributed by atoms with Gasteiger partial charge in [0.25, 0.3) is 0 Å². The fourth-order valence-electron chi connectivity index (χ4n) is 3.19. The van der Waals surface area contributed by atoms with Crippen LogP contribution in [0.4, 0.5) is 18.9 Å². The van der Waals surface area contributed by atoms with Gasteiger partial charge in [-0.25, -0.2) is 9.97 Å². The number of alkyl halides is 3. The summed E-state index contributed by atoms with van der Waals surface area (Å²) in [7, 11) is 0. The molecule has 0 aliphatic carbocycles. The van der Waals surface area contributed by atoms with Crippen molar-refractivity contribution in [3.63, 3.8) is 0 Å². The lowest BCUT2D eigenvalue weighted by Crippen LogP contribution is -2.36. The first kappa shape index (κ1) is 22.0. The quantitative estimate of drug-likeness (QED) is 0.333. The van der Waals surface area contributed by atoms with Crippen LogP contribution in [0.3, 0.4) is 0 Å². The molecule has 0 atom stereocenters. The fraction of sp³-hybridized carbons (Fsp3) is 0.350. The van der Waals surface area contributed by atoms with Gasteiger partial charge in [0.1, 0.15) is 5.03 Å². The molecular weight excluding hydrogens is 449 g/mol. The second kappa shape index (κ2) is 9.11. The highest BCUT2D eigenvalue weighted by molar-refractivity contribution is 8.00. The summed E-state index contributed by atoms with van der Waals surface area (Å²) in [6, 6.07) is 8.56. The van der Waals surface area contributed by atoms with Gasteiger partial charge in [0.2, 0.25) is 5.82 Å². The van der Waals surface area contributed by atoms with Gasteiger partial charge >= 0.3 is 6.18 Å². The van der Waals surface area contributed by atoms with E-state index in [1.54, 1.807) is 30.3 Å². The Morgan fingerprint density at radius 1 is 1.19 bits per heavy atom. The highest BCUT2D eigenvalue weighted by atomic mass is 32.2. The molecule has 0 spiro atoms. The summed E-state index contributed by atoms with van der Waals surface area (Å²) in [6.07, 6.45) is -4.68. The molecule has 3 aromatic rings. The number of ether oxygens (including phenoxy) is 1. The van der Waals surface area contributed by atoms with Gasteiger partial charge in [-0.05, 0) is 30.3 Å². The highest BCUT2D eigenvalue weighted by Gasteiger charge is 2.35. The molecule has 4 rings (SSSR count). The van der Waals surface area contributed by atoms with Crippen LogP contribution in [-0.4, -0.2) is 47.8 Å². The van der Waals surface area contributed by atoms with E-state index in [2.05, 4.69) is 14.9 Å². The third-order valence-electron chi connectivity index (χ3n) is 4.75. The minimum Gasteiger partial charge on any atom is -0.378 e. The summed E-state index contributed by atoms with van der Waals surface area (Å²) in [6.45, 7) is 2.89. The standard InChI is InChI=1S/C20H19F3N4O2S2/c21-20(22,23)19-25-15-3-1-12(27-5-7-29-8-6-27)9-14(15)18(26-19)30-11-16(28)17-4-2-13(10-24)31-17/h1-4,9H,5-8,10-11,24H2. The Labute approximate surface area is 184 Å². The first-order valence-electron chi connectivity index (χ1n) is 9.51. The van der Waals surface area contributed by atoms with Crippen LogP contribution in [0.2, 0.25) is 0 Å². The number of rotatable bonds is 6. The average molecular weight is 469 g/mol. The van der Waals surface area contributed by atoms with Crippen molar-refractivity contribution < 1.29 is 22.7 Å². The summed E-state index contributed by atoms with van der Waals surface area (Å²) in [5.74, 6) is -1.43. The lowest BCUT2D eigenvalue weighted by molar-refractivity contribution is -0.145. The number of nitrogens with two attached hydrogens (primary N) is 1. The number of thiophene rings is 1. The van der Waals surface area contributed by atoms with Crippen molar-refractivity contribution >= 4 is 45.5 Å². The maximum Gasteiger partial charge on any atom is 0.451 e. The van der Waals surface area contributed by atoms with E-state index in [1.807, 2.05) is 0 Å². The lowest BCUT2D eigenvalue weighted by Gasteiger charge is -2.29. The number of nitrogens with zero attached hydrogens (tertiary/aromatic N) is 3. The average Bonchev–Trinajstić information content (AvgIpc) is 3.26. The van der Waals surface area contributed by atoms with Crippen LogP contribution in [0.5, 0.6) is 0 Å². The van der Waals surface area contributed by atoms with Gasteiger partial charge in [-0.15, -0.1) is 11.3 Å². The minimum absolute atomic E-state index is 0.0320. The largest absolute Gasteiger partial charge is 0.451 e.